The van der Waals surface area contributed by atoms with Gasteiger partial charge in [0.15, 0.2) is 0 Å². The molecular weight excluding hydrogens is 380 g/mol. The number of aliphatic hydroxyl groups excluding tert-OH is 2. The number of allylic oxidation sites excluding steroid dienone is 2. The largest absolute Gasteiger partial charge is 0.390 e. The van der Waals surface area contributed by atoms with Crippen LogP contribution < -0.4 is 0 Å². The molecule has 2 heteroatoms. The second kappa shape index (κ2) is 8.64. The van der Waals surface area contributed by atoms with Crippen LogP contribution in [0.2, 0.25) is 0 Å². The number of fused-ring (bicyclic) bond motifs is 5. The molecule has 0 spiro atoms. The molecule has 4 aliphatic carbocycles. The van der Waals surface area contributed by atoms with E-state index in [1.807, 2.05) is 0 Å². The molecule has 0 radical (unpaired) electrons. The van der Waals surface area contributed by atoms with E-state index in [1.165, 1.54) is 56.1 Å². The van der Waals surface area contributed by atoms with Crippen molar-refractivity contribution in [1.82, 2.24) is 0 Å². The van der Waals surface area contributed by atoms with Crippen LogP contribution in [0, 0.1) is 46.3 Å². The minimum Gasteiger partial charge on any atom is -0.390 e. The molecule has 0 aliphatic heterocycles. The van der Waals surface area contributed by atoms with Crippen molar-refractivity contribution in [1.29, 1.82) is 0 Å². The molecule has 0 amide bonds. The standard InChI is InChI=1S/C29H48O2/c1-7-20(18(2)3)9-8-19(4)22-12-13-23-21-10-11-25-27(31)26(30)15-17-29(25,6)24(21)14-16-28(22,23)5/h11,19-24,26-27,30-31H,2,7-10,12-17H2,1,3-6H3. The molecule has 0 bridgehead atoms. The molecule has 0 aromatic carbocycles. The van der Waals surface area contributed by atoms with Crippen molar-refractivity contribution in [2.75, 3.05) is 0 Å². The van der Waals surface area contributed by atoms with Crippen molar-refractivity contribution >= 4 is 0 Å². The summed E-state index contributed by atoms with van der Waals surface area (Å²) in [6, 6.07) is 0. The lowest BCUT2D eigenvalue weighted by molar-refractivity contribution is -0.0801. The fraction of sp³-hybridized carbons (Fsp3) is 0.862. The molecule has 2 N–H and O–H groups in total. The molecule has 10 unspecified atom stereocenters. The van der Waals surface area contributed by atoms with E-state index in [1.54, 1.807) is 0 Å². The summed E-state index contributed by atoms with van der Waals surface area (Å²) >= 11 is 0. The van der Waals surface area contributed by atoms with Crippen LogP contribution in [0.4, 0.5) is 0 Å². The van der Waals surface area contributed by atoms with Crippen LogP contribution in [0.3, 0.4) is 0 Å². The molecule has 31 heavy (non-hydrogen) atoms. The van der Waals surface area contributed by atoms with Crippen molar-refractivity contribution < 1.29 is 10.2 Å². The third-order valence-electron chi connectivity index (χ3n) is 11.1. The van der Waals surface area contributed by atoms with Gasteiger partial charge in [-0.2, -0.15) is 0 Å². The highest BCUT2D eigenvalue weighted by Gasteiger charge is 2.60. The third-order valence-corrected chi connectivity index (χ3v) is 11.1. The van der Waals surface area contributed by atoms with Crippen LogP contribution in [-0.4, -0.2) is 22.4 Å². The van der Waals surface area contributed by atoms with E-state index in [4.69, 9.17) is 0 Å². The van der Waals surface area contributed by atoms with Gasteiger partial charge in [0.2, 0.25) is 0 Å². The topological polar surface area (TPSA) is 40.5 Å². The number of rotatable bonds is 6. The van der Waals surface area contributed by atoms with Gasteiger partial charge in [0, 0.05) is 0 Å². The molecule has 0 aromatic rings. The zero-order valence-corrected chi connectivity index (χ0v) is 20.9. The first-order valence-corrected chi connectivity index (χ1v) is 13.4. The Morgan fingerprint density at radius 3 is 2.52 bits per heavy atom. The first-order valence-electron chi connectivity index (χ1n) is 13.4. The van der Waals surface area contributed by atoms with Gasteiger partial charge in [-0.15, -0.1) is 0 Å². The van der Waals surface area contributed by atoms with Crippen LogP contribution in [0.1, 0.15) is 98.8 Å². The Kier molecular flexibility index (Phi) is 6.56. The maximum Gasteiger partial charge on any atom is 0.101 e. The summed E-state index contributed by atoms with van der Waals surface area (Å²) in [5.41, 5.74) is 3.12. The predicted octanol–water partition coefficient (Wildman–Crippen LogP) is 6.92. The van der Waals surface area contributed by atoms with Crippen molar-refractivity contribution in [2.24, 2.45) is 46.3 Å². The van der Waals surface area contributed by atoms with Gasteiger partial charge in [0.25, 0.3) is 0 Å². The first-order chi connectivity index (χ1) is 14.6. The van der Waals surface area contributed by atoms with Gasteiger partial charge in [0.05, 0.1) is 6.10 Å². The fourth-order valence-electron chi connectivity index (χ4n) is 9.16. The SMILES string of the molecule is C=C(C)C(CC)CCC(C)C1CCC2C3CC=C4C(O)C(O)CCC4(C)C3CCC12C. The van der Waals surface area contributed by atoms with Crippen molar-refractivity contribution in [3.63, 3.8) is 0 Å². The fourth-order valence-corrected chi connectivity index (χ4v) is 9.16. The minimum atomic E-state index is -0.635. The van der Waals surface area contributed by atoms with Gasteiger partial charge in [-0.25, -0.2) is 0 Å². The molecule has 0 saturated heterocycles. The normalized spacial score (nSPS) is 46.4. The molecule has 0 aromatic heterocycles. The lowest BCUT2D eigenvalue weighted by atomic mass is 9.46. The number of hydrogen-bond acceptors (Lipinski definition) is 2. The summed E-state index contributed by atoms with van der Waals surface area (Å²) in [6.07, 6.45) is 13.4. The zero-order chi connectivity index (χ0) is 22.6. The average molecular weight is 429 g/mol. The molecule has 4 rings (SSSR count). The molecule has 3 saturated carbocycles. The molecular formula is C29H48O2. The van der Waals surface area contributed by atoms with E-state index in [0.29, 0.717) is 17.3 Å². The highest BCUT2D eigenvalue weighted by atomic mass is 16.3. The Hall–Kier alpha value is -0.600. The van der Waals surface area contributed by atoms with E-state index in [9.17, 15) is 10.2 Å². The Morgan fingerprint density at radius 2 is 1.84 bits per heavy atom. The summed E-state index contributed by atoms with van der Waals surface area (Å²) in [4.78, 5) is 0. The Bertz CT molecular complexity index is 710. The van der Waals surface area contributed by atoms with E-state index >= 15 is 0 Å². The first kappa shape index (κ1) is 23.6. The van der Waals surface area contributed by atoms with Crippen LogP contribution in [-0.2, 0) is 0 Å². The number of aliphatic hydroxyl groups is 2. The smallest absolute Gasteiger partial charge is 0.101 e. The van der Waals surface area contributed by atoms with Gasteiger partial charge in [-0.05, 0) is 123 Å². The second-order valence-corrected chi connectivity index (χ2v) is 12.5. The molecule has 3 fully saturated rings. The maximum absolute atomic E-state index is 10.7. The summed E-state index contributed by atoms with van der Waals surface area (Å²) < 4.78 is 0. The minimum absolute atomic E-state index is 0.0996. The van der Waals surface area contributed by atoms with E-state index in [2.05, 4.69) is 47.3 Å². The van der Waals surface area contributed by atoms with Gasteiger partial charge < -0.3 is 10.2 Å². The third kappa shape index (κ3) is 3.78. The lowest BCUT2D eigenvalue weighted by Crippen LogP contribution is -2.53. The zero-order valence-electron chi connectivity index (χ0n) is 20.9. The van der Waals surface area contributed by atoms with Gasteiger partial charge >= 0.3 is 0 Å². The quantitative estimate of drug-likeness (QED) is 0.451. The van der Waals surface area contributed by atoms with Gasteiger partial charge in [0.1, 0.15) is 6.10 Å². The van der Waals surface area contributed by atoms with Gasteiger partial charge in [-0.3, -0.25) is 0 Å². The Morgan fingerprint density at radius 1 is 1.10 bits per heavy atom. The van der Waals surface area contributed by atoms with E-state index < -0.39 is 12.2 Å². The average Bonchev–Trinajstić information content (AvgIpc) is 3.08. The van der Waals surface area contributed by atoms with E-state index in [0.717, 1.165) is 42.9 Å². The van der Waals surface area contributed by atoms with Gasteiger partial charge in [-0.1, -0.05) is 45.9 Å². The Labute approximate surface area is 191 Å². The van der Waals surface area contributed by atoms with Crippen LogP contribution in [0.15, 0.2) is 23.8 Å². The molecule has 0 heterocycles. The molecule has 2 nitrogen and oxygen atoms in total. The highest BCUT2D eigenvalue weighted by molar-refractivity contribution is 5.29. The predicted molar refractivity (Wildman–Crippen MR) is 130 cm³/mol. The summed E-state index contributed by atoms with van der Waals surface area (Å²) in [7, 11) is 0. The van der Waals surface area contributed by atoms with Crippen LogP contribution in [0.5, 0.6) is 0 Å². The van der Waals surface area contributed by atoms with Crippen LogP contribution in [0.25, 0.3) is 0 Å². The monoisotopic (exact) mass is 428 g/mol. The second-order valence-electron chi connectivity index (χ2n) is 12.5. The van der Waals surface area contributed by atoms with E-state index in [-0.39, 0.29) is 5.41 Å². The van der Waals surface area contributed by atoms with Crippen molar-refractivity contribution in [3.8, 4) is 0 Å². The maximum atomic E-state index is 10.7. The van der Waals surface area contributed by atoms with Crippen molar-refractivity contribution in [2.45, 2.75) is 111 Å². The van der Waals surface area contributed by atoms with Crippen LogP contribution >= 0.6 is 0 Å². The molecule has 4 aliphatic rings. The number of hydrogen-bond donors (Lipinski definition) is 2. The Balaban J connectivity index is 1.50. The summed E-state index contributed by atoms with van der Waals surface area (Å²) in [5, 5.41) is 21.0. The highest BCUT2D eigenvalue weighted by Crippen LogP contribution is 2.67. The lowest BCUT2D eigenvalue weighted by Gasteiger charge is -2.59. The summed E-state index contributed by atoms with van der Waals surface area (Å²) in [5.74, 6) is 4.65. The van der Waals surface area contributed by atoms with Crippen molar-refractivity contribution in [3.05, 3.63) is 23.8 Å². The molecule has 176 valence electrons. The molecule has 10 atom stereocenters. The summed E-state index contributed by atoms with van der Waals surface area (Å²) in [6.45, 7) is 16.3.